The molecule has 0 radical (unpaired) electrons. The lowest BCUT2D eigenvalue weighted by Gasteiger charge is -2.25. The van der Waals surface area contributed by atoms with Crippen molar-refractivity contribution in [3.05, 3.63) is 0 Å². The normalized spacial score (nSPS) is 16.6. The molecule has 1 fully saturated rings. The van der Waals surface area contributed by atoms with Gasteiger partial charge in [0, 0.05) is 12.6 Å². The summed E-state index contributed by atoms with van der Waals surface area (Å²) in [6, 6.07) is -0.515. The summed E-state index contributed by atoms with van der Waals surface area (Å²) in [5.41, 5.74) is 0. The van der Waals surface area contributed by atoms with E-state index in [-0.39, 0.29) is 6.04 Å². The highest BCUT2D eigenvalue weighted by Gasteiger charge is 2.22. The zero-order valence-electron chi connectivity index (χ0n) is 11.5. The van der Waals surface area contributed by atoms with Gasteiger partial charge in [0.15, 0.2) is 0 Å². The molecule has 1 atom stereocenters. The van der Waals surface area contributed by atoms with Crippen molar-refractivity contribution in [3.8, 4) is 0 Å². The number of amides is 2. The molecule has 1 unspecified atom stereocenters. The van der Waals surface area contributed by atoms with Crippen molar-refractivity contribution in [2.45, 2.75) is 25.8 Å². The maximum atomic E-state index is 11.8. The first-order valence-electron chi connectivity index (χ1n) is 6.60. The number of urea groups is 1. The van der Waals surface area contributed by atoms with Crippen molar-refractivity contribution in [2.75, 3.05) is 32.7 Å². The number of nitrogens with one attached hydrogen (secondary N) is 1. The summed E-state index contributed by atoms with van der Waals surface area (Å²) in [5.74, 6) is -2.48. The van der Waals surface area contributed by atoms with Gasteiger partial charge in [-0.2, -0.15) is 0 Å². The summed E-state index contributed by atoms with van der Waals surface area (Å²) in [4.78, 5) is 36.0. The maximum Gasteiger partial charge on any atom is 0.323 e. The minimum absolute atomic E-state index is 0.151. The van der Waals surface area contributed by atoms with Crippen LogP contribution in [0.15, 0.2) is 0 Å². The van der Waals surface area contributed by atoms with Gasteiger partial charge in [0.05, 0.1) is 0 Å². The summed E-state index contributed by atoms with van der Waals surface area (Å²) >= 11 is 0. The third-order valence-electron chi connectivity index (χ3n) is 3.25. The van der Waals surface area contributed by atoms with E-state index in [1.807, 2.05) is 6.92 Å². The highest BCUT2D eigenvalue weighted by Crippen LogP contribution is 2.10. The molecule has 1 heterocycles. The lowest BCUT2D eigenvalue weighted by molar-refractivity contribution is -0.140. The Hall–Kier alpha value is -1.83. The van der Waals surface area contributed by atoms with Gasteiger partial charge in [-0.05, 0) is 32.9 Å². The quantitative estimate of drug-likeness (QED) is 0.590. The molecule has 0 aromatic carbocycles. The Kier molecular flexibility index (Phi) is 6.23. The number of hydrogen-bond acceptors (Lipinski definition) is 4. The van der Waals surface area contributed by atoms with Gasteiger partial charge in [0.1, 0.15) is 13.1 Å². The maximum absolute atomic E-state index is 11.8. The van der Waals surface area contributed by atoms with Gasteiger partial charge in [0.25, 0.3) is 0 Å². The molecule has 20 heavy (non-hydrogen) atoms. The second kappa shape index (κ2) is 7.68. The van der Waals surface area contributed by atoms with Crippen LogP contribution in [0, 0.1) is 0 Å². The minimum atomic E-state index is -1.24. The van der Waals surface area contributed by atoms with Gasteiger partial charge >= 0.3 is 18.0 Å². The summed E-state index contributed by atoms with van der Waals surface area (Å²) in [6.07, 6.45) is 2.28. The zero-order chi connectivity index (χ0) is 15.1. The van der Waals surface area contributed by atoms with Crippen LogP contribution >= 0.6 is 0 Å². The molecule has 1 saturated heterocycles. The number of aliphatic carboxylic acids is 2. The van der Waals surface area contributed by atoms with E-state index in [0.29, 0.717) is 6.54 Å². The second-order valence-corrected chi connectivity index (χ2v) is 4.92. The molecule has 114 valence electrons. The highest BCUT2D eigenvalue weighted by molar-refractivity contribution is 5.84. The smallest absolute Gasteiger partial charge is 0.323 e. The van der Waals surface area contributed by atoms with Crippen molar-refractivity contribution < 1.29 is 24.6 Å². The first-order chi connectivity index (χ1) is 9.40. The minimum Gasteiger partial charge on any atom is -0.480 e. The third kappa shape index (κ3) is 5.43. The van der Waals surface area contributed by atoms with Gasteiger partial charge < -0.3 is 20.4 Å². The average molecular weight is 287 g/mol. The summed E-state index contributed by atoms with van der Waals surface area (Å²) < 4.78 is 0. The van der Waals surface area contributed by atoms with Crippen LogP contribution in [0.25, 0.3) is 0 Å². The van der Waals surface area contributed by atoms with Gasteiger partial charge in [-0.1, -0.05) is 0 Å². The van der Waals surface area contributed by atoms with Crippen LogP contribution in [0.2, 0.25) is 0 Å². The molecule has 0 aromatic heterocycles. The number of carboxylic acids is 2. The van der Waals surface area contributed by atoms with Crippen molar-refractivity contribution >= 4 is 18.0 Å². The fourth-order valence-electron chi connectivity index (χ4n) is 2.18. The fraction of sp³-hybridized carbons (Fsp3) is 0.750. The van der Waals surface area contributed by atoms with Gasteiger partial charge in [-0.25, -0.2) is 4.79 Å². The van der Waals surface area contributed by atoms with Crippen LogP contribution in [-0.2, 0) is 9.59 Å². The zero-order valence-corrected chi connectivity index (χ0v) is 11.5. The van der Waals surface area contributed by atoms with Crippen LogP contribution in [0.1, 0.15) is 19.8 Å². The number of nitrogens with zero attached hydrogens (tertiary/aromatic N) is 2. The molecular formula is C12H21N3O5. The third-order valence-corrected chi connectivity index (χ3v) is 3.25. The molecule has 0 bridgehead atoms. The SMILES string of the molecule is CC(CNC(=O)N(CC(=O)O)CC(=O)O)N1CCCC1. The summed E-state index contributed by atoms with van der Waals surface area (Å²) in [6.45, 7) is 3.07. The Morgan fingerprint density at radius 2 is 1.65 bits per heavy atom. The number of likely N-dealkylation sites (tertiary alicyclic amines) is 1. The summed E-state index contributed by atoms with van der Waals surface area (Å²) in [7, 11) is 0. The van der Waals surface area contributed by atoms with Crippen LogP contribution in [0.3, 0.4) is 0 Å². The van der Waals surface area contributed by atoms with Crippen molar-refractivity contribution in [3.63, 3.8) is 0 Å². The average Bonchev–Trinajstić information content (AvgIpc) is 2.87. The first kappa shape index (κ1) is 16.2. The lowest BCUT2D eigenvalue weighted by atomic mass is 10.3. The lowest BCUT2D eigenvalue weighted by Crippen LogP contribution is -2.48. The Labute approximate surface area is 117 Å². The Bertz CT molecular complexity index is 352. The molecule has 0 aromatic rings. The Balaban J connectivity index is 2.43. The number of carboxylic acid groups (broad SMARTS) is 2. The highest BCUT2D eigenvalue weighted by atomic mass is 16.4. The van der Waals surface area contributed by atoms with Crippen LogP contribution in [-0.4, -0.2) is 76.7 Å². The standard InChI is InChI=1S/C12H21N3O5/c1-9(14-4-2-3-5-14)6-13-12(20)15(7-10(16)17)8-11(18)19/h9H,2-8H2,1H3,(H,13,20)(H,16,17)(H,18,19). The van der Waals surface area contributed by atoms with E-state index in [1.54, 1.807) is 0 Å². The Morgan fingerprint density at radius 1 is 1.15 bits per heavy atom. The van der Waals surface area contributed by atoms with E-state index >= 15 is 0 Å². The van der Waals surface area contributed by atoms with Gasteiger partial charge in [-0.3, -0.25) is 14.5 Å². The molecule has 0 saturated carbocycles. The predicted octanol–water partition coefficient (Wildman–Crippen LogP) is -0.348. The van der Waals surface area contributed by atoms with Crippen LogP contribution < -0.4 is 5.32 Å². The fourth-order valence-corrected chi connectivity index (χ4v) is 2.18. The number of carbonyl (C=O) groups is 3. The molecule has 0 aliphatic carbocycles. The van der Waals surface area contributed by atoms with Crippen molar-refractivity contribution in [2.24, 2.45) is 0 Å². The van der Waals surface area contributed by atoms with Gasteiger partial charge in [-0.15, -0.1) is 0 Å². The van der Waals surface area contributed by atoms with E-state index in [4.69, 9.17) is 10.2 Å². The molecule has 1 aliphatic rings. The van der Waals surface area contributed by atoms with Crippen LogP contribution in [0.5, 0.6) is 0 Å². The molecule has 2 amide bonds. The van der Waals surface area contributed by atoms with E-state index < -0.39 is 31.1 Å². The van der Waals surface area contributed by atoms with Gasteiger partial charge in [0.2, 0.25) is 0 Å². The van der Waals surface area contributed by atoms with E-state index in [1.165, 1.54) is 0 Å². The molecule has 1 rings (SSSR count). The van der Waals surface area contributed by atoms with Crippen molar-refractivity contribution in [1.82, 2.24) is 15.1 Å². The molecular weight excluding hydrogens is 266 g/mol. The number of rotatable bonds is 7. The largest absolute Gasteiger partial charge is 0.480 e. The van der Waals surface area contributed by atoms with Crippen molar-refractivity contribution in [1.29, 1.82) is 0 Å². The number of hydrogen-bond donors (Lipinski definition) is 3. The number of carbonyl (C=O) groups excluding carboxylic acids is 1. The van der Waals surface area contributed by atoms with E-state index in [9.17, 15) is 14.4 Å². The molecule has 3 N–H and O–H groups in total. The second-order valence-electron chi connectivity index (χ2n) is 4.92. The first-order valence-corrected chi connectivity index (χ1v) is 6.60. The summed E-state index contributed by atoms with van der Waals surface area (Å²) in [5, 5.41) is 19.9. The monoisotopic (exact) mass is 287 g/mol. The molecule has 1 aliphatic heterocycles. The predicted molar refractivity (Wildman–Crippen MR) is 70.5 cm³/mol. The van der Waals surface area contributed by atoms with E-state index in [0.717, 1.165) is 30.8 Å². The van der Waals surface area contributed by atoms with Crippen LogP contribution in [0.4, 0.5) is 4.79 Å². The van der Waals surface area contributed by atoms with E-state index in [2.05, 4.69) is 10.2 Å². The molecule has 8 heteroatoms. The Morgan fingerprint density at radius 3 is 2.10 bits per heavy atom. The molecule has 8 nitrogen and oxygen atoms in total. The molecule has 0 spiro atoms. The topological polar surface area (TPSA) is 110 Å².